The maximum absolute atomic E-state index is 11.4. The summed E-state index contributed by atoms with van der Waals surface area (Å²) in [5, 5.41) is 8.79. The molecule has 25 heavy (non-hydrogen) atoms. The van der Waals surface area contributed by atoms with Crippen molar-refractivity contribution >= 4 is 10.1 Å². The third-order valence-corrected chi connectivity index (χ3v) is 6.11. The molecular formula is C19H39NaO4S. The average molecular weight is 387 g/mol. The van der Waals surface area contributed by atoms with Gasteiger partial charge in [-0.2, -0.15) is 0 Å². The molecule has 0 spiro atoms. The van der Waals surface area contributed by atoms with Gasteiger partial charge in [-0.15, -0.1) is 0 Å². The topological polar surface area (TPSA) is 77.4 Å². The van der Waals surface area contributed by atoms with Gasteiger partial charge in [-0.25, -0.2) is 8.42 Å². The van der Waals surface area contributed by atoms with Crippen molar-refractivity contribution in [3.8, 4) is 0 Å². The van der Waals surface area contributed by atoms with E-state index in [-0.39, 0.29) is 35.7 Å². The van der Waals surface area contributed by atoms with Crippen LogP contribution in [0.4, 0.5) is 0 Å². The molecule has 0 aliphatic rings. The molecule has 0 fully saturated rings. The van der Waals surface area contributed by atoms with Crippen LogP contribution < -0.4 is 29.6 Å². The minimum absolute atomic E-state index is 0. The van der Waals surface area contributed by atoms with E-state index in [4.69, 9.17) is 0 Å². The van der Waals surface area contributed by atoms with E-state index in [0.717, 1.165) is 70.6 Å². The zero-order valence-corrected chi connectivity index (χ0v) is 19.7. The van der Waals surface area contributed by atoms with Gasteiger partial charge in [-0.1, -0.05) is 84.5 Å². The number of aliphatic hydroxyl groups is 1. The summed E-state index contributed by atoms with van der Waals surface area (Å²) >= 11 is 0. The van der Waals surface area contributed by atoms with Gasteiger partial charge in [0, 0.05) is 5.25 Å². The van der Waals surface area contributed by atoms with Crippen LogP contribution in [0.15, 0.2) is 0 Å². The molecular weight excluding hydrogens is 347 g/mol. The predicted octanol–water partition coefficient (Wildman–Crippen LogP) is 2.16. The summed E-state index contributed by atoms with van der Waals surface area (Å²) in [6.45, 7) is 4.14. The monoisotopic (exact) mass is 386 g/mol. The second kappa shape index (κ2) is 18.2. The van der Waals surface area contributed by atoms with Crippen LogP contribution in [-0.2, 0) is 10.1 Å². The minimum Gasteiger partial charge on any atom is -0.748 e. The van der Waals surface area contributed by atoms with E-state index in [9.17, 15) is 18.1 Å². The Hall–Kier alpha value is 0.870. The summed E-state index contributed by atoms with van der Waals surface area (Å²) < 4.78 is 34.1. The molecule has 0 aliphatic carbocycles. The van der Waals surface area contributed by atoms with Crippen LogP contribution in [0.1, 0.15) is 110 Å². The van der Waals surface area contributed by atoms with Gasteiger partial charge in [0.1, 0.15) is 0 Å². The van der Waals surface area contributed by atoms with Gasteiger partial charge in [0.05, 0.1) is 16.2 Å². The molecule has 0 bridgehead atoms. The van der Waals surface area contributed by atoms with Gasteiger partial charge in [-0.3, -0.25) is 0 Å². The molecule has 2 atom stereocenters. The second-order valence-corrected chi connectivity index (χ2v) is 8.73. The fourth-order valence-corrected chi connectivity index (χ4v) is 3.98. The first-order valence-corrected chi connectivity index (χ1v) is 11.5. The van der Waals surface area contributed by atoms with Crippen LogP contribution in [0.25, 0.3) is 0 Å². The summed E-state index contributed by atoms with van der Waals surface area (Å²) in [7, 11) is -4.15. The molecule has 0 saturated heterocycles. The zero-order valence-electron chi connectivity index (χ0n) is 16.8. The third-order valence-electron chi connectivity index (χ3n) is 4.82. The summed E-state index contributed by atoms with van der Waals surface area (Å²) in [6.07, 6.45) is 14.2. The van der Waals surface area contributed by atoms with Gasteiger partial charge in [0.2, 0.25) is 0 Å². The van der Waals surface area contributed by atoms with Gasteiger partial charge in [-0.05, 0) is 25.7 Å². The van der Waals surface area contributed by atoms with E-state index >= 15 is 0 Å². The molecule has 0 rings (SSSR count). The van der Waals surface area contributed by atoms with Crippen molar-refractivity contribution in [3.05, 3.63) is 0 Å². The Morgan fingerprint density at radius 2 is 1.16 bits per heavy atom. The molecule has 0 saturated carbocycles. The third kappa shape index (κ3) is 18.0. The Morgan fingerprint density at radius 3 is 1.56 bits per heavy atom. The van der Waals surface area contributed by atoms with Crippen molar-refractivity contribution in [1.82, 2.24) is 0 Å². The Labute approximate surface area is 178 Å². The zero-order chi connectivity index (χ0) is 18.3. The van der Waals surface area contributed by atoms with Crippen molar-refractivity contribution in [1.29, 1.82) is 0 Å². The van der Waals surface area contributed by atoms with E-state index in [1.54, 1.807) is 0 Å². The summed E-state index contributed by atoms with van der Waals surface area (Å²) in [5.41, 5.74) is 0. The second-order valence-electron chi connectivity index (χ2n) is 7.08. The van der Waals surface area contributed by atoms with E-state index in [1.165, 1.54) is 12.8 Å². The summed E-state index contributed by atoms with van der Waals surface area (Å²) in [5.74, 6) is 0. The number of aliphatic hydroxyl groups excluding tert-OH is 1. The molecule has 6 heteroatoms. The fraction of sp³-hybridized carbons (Fsp3) is 1.00. The number of hydrogen-bond donors (Lipinski definition) is 1. The predicted molar refractivity (Wildman–Crippen MR) is 100 cm³/mol. The molecule has 0 aromatic carbocycles. The van der Waals surface area contributed by atoms with Crippen molar-refractivity contribution in [3.63, 3.8) is 0 Å². The molecule has 4 nitrogen and oxygen atoms in total. The van der Waals surface area contributed by atoms with Crippen LogP contribution in [-0.4, -0.2) is 29.4 Å². The standard InChI is InChI=1S/C19H40O4S.Na/c1-3-5-6-9-13-16-19(24(21,22)23)17-14-11-8-7-10-12-15-18(20)4-2;/h18-20H,3-17H2,1-2H3,(H,21,22,23);/q;+1/p-1. The number of unbranched alkanes of at least 4 members (excludes halogenated alkanes) is 9. The number of rotatable bonds is 17. The summed E-state index contributed by atoms with van der Waals surface area (Å²) in [6, 6.07) is 0. The molecule has 2 unspecified atom stereocenters. The molecule has 1 N–H and O–H groups in total. The Balaban J connectivity index is 0. The Kier molecular flexibility index (Phi) is 20.5. The molecule has 0 aromatic rings. The molecule has 0 aromatic heterocycles. The van der Waals surface area contributed by atoms with Gasteiger partial charge in [0.25, 0.3) is 0 Å². The SMILES string of the molecule is CCCCCCCC(CCCCCCCCC(O)CC)S(=O)(=O)[O-].[Na+]. The van der Waals surface area contributed by atoms with Crippen LogP contribution in [0.5, 0.6) is 0 Å². The largest absolute Gasteiger partial charge is 1.00 e. The maximum atomic E-state index is 11.4. The number of hydrogen-bond acceptors (Lipinski definition) is 4. The van der Waals surface area contributed by atoms with Crippen LogP contribution >= 0.6 is 0 Å². The van der Waals surface area contributed by atoms with E-state index in [1.807, 2.05) is 6.92 Å². The molecule has 0 aliphatic heterocycles. The van der Waals surface area contributed by atoms with Crippen molar-refractivity contribution in [2.75, 3.05) is 0 Å². The van der Waals surface area contributed by atoms with E-state index < -0.39 is 15.4 Å². The normalized spacial score (nSPS) is 14.1. The van der Waals surface area contributed by atoms with Crippen LogP contribution in [0.3, 0.4) is 0 Å². The van der Waals surface area contributed by atoms with E-state index in [2.05, 4.69) is 6.92 Å². The maximum Gasteiger partial charge on any atom is 1.00 e. The van der Waals surface area contributed by atoms with Gasteiger partial charge >= 0.3 is 29.6 Å². The van der Waals surface area contributed by atoms with Gasteiger partial charge in [0.15, 0.2) is 0 Å². The fourth-order valence-electron chi connectivity index (χ4n) is 3.07. The quantitative estimate of drug-likeness (QED) is 0.236. The summed E-state index contributed by atoms with van der Waals surface area (Å²) in [4.78, 5) is 0. The average Bonchev–Trinajstić information content (AvgIpc) is 2.53. The van der Waals surface area contributed by atoms with Crippen LogP contribution in [0.2, 0.25) is 0 Å². The van der Waals surface area contributed by atoms with Crippen molar-refractivity contribution in [2.24, 2.45) is 0 Å². The molecule has 0 radical (unpaired) electrons. The van der Waals surface area contributed by atoms with Gasteiger partial charge < -0.3 is 9.66 Å². The smallest absolute Gasteiger partial charge is 0.748 e. The first-order valence-electron chi connectivity index (χ1n) is 10.0. The molecule has 146 valence electrons. The van der Waals surface area contributed by atoms with Crippen LogP contribution in [0, 0.1) is 0 Å². The van der Waals surface area contributed by atoms with Crippen molar-refractivity contribution < 1.29 is 47.6 Å². The Bertz CT molecular complexity index is 374. The molecule has 0 amide bonds. The molecule has 0 heterocycles. The Morgan fingerprint density at radius 1 is 0.760 bits per heavy atom. The first-order chi connectivity index (χ1) is 11.4. The van der Waals surface area contributed by atoms with Crippen molar-refractivity contribution in [2.45, 2.75) is 122 Å². The minimum atomic E-state index is -4.15. The first kappa shape index (κ1) is 28.1. The van der Waals surface area contributed by atoms with E-state index in [0.29, 0.717) is 12.8 Å².